The molecular weight excluding hydrogens is 222 g/mol. The smallest absolute Gasteiger partial charge is 0.199 e. The van der Waals surface area contributed by atoms with Gasteiger partial charge in [-0.3, -0.25) is 0 Å². The first-order valence-corrected chi connectivity index (χ1v) is 5.65. The molecular formula is C9H8ClNO2S. The summed E-state index contributed by atoms with van der Waals surface area (Å²) in [7, 11) is -3.64. The first-order valence-electron chi connectivity index (χ1n) is 3.77. The number of hydrogen-bond donors (Lipinski definition) is 0. The number of aryl methyl sites for hydroxylation is 1. The van der Waals surface area contributed by atoms with E-state index in [1.165, 1.54) is 12.1 Å². The van der Waals surface area contributed by atoms with Crippen molar-refractivity contribution < 1.29 is 8.42 Å². The summed E-state index contributed by atoms with van der Waals surface area (Å²) in [5.74, 6) is 2.08. The molecule has 0 heterocycles. The molecule has 0 fully saturated rings. The SMILES string of the molecule is Cc1ccc(S(=O)(=O)N=C=CCl)cc1. The van der Waals surface area contributed by atoms with E-state index in [1.54, 1.807) is 12.1 Å². The largest absolute Gasteiger partial charge is 0.289 e. The van der Waals surface area contributed by atoms with Gasteiger partial charge in [0, 0.05) is 5.87 Å². The Labute approximate surface area is 87.8 Å². The van der Waals surface area contributed by atoms with E-state index >= 15 is 0 Å². The Hall–Kier alpha value is -1.09. The maximum Gasteiger partial charge on any atom is 0.289 e. The van der Waals surface area contributed by atoms with Crippen molar-refractivity contribution in [1.29, 1.82) is 0 Å². The molecule has 0 aliphatic carbocycles. The Morgan fingerprint density at radius 3 is 2.43 bits per heavy atom. The fourth-order valence-corrected chi connectivity index (χ4v) is 1.74. The molecule has 14 heavy (non-hydrogen) atoms. The molecule has 0 saturated heterocycles. The van der Waals surface area contributed by atoms with Crippen molar-refractivity contribution >= 4 is 27.5 Å². The molecule has 0 bridgehead atoms. The average molecular weight is 230 g/mol. The molecule has 1 aromatic rings. The Morgan fingerprint density at radius 2 is 1.93 bits per heavy atom. The molecule has 1 aromatic carbocycles. The Morgan fingerprint density at radius 1 is 1.36 bits per heavy atom. The van der Waals surface area contributed by atoms with Crippen LogP contribution in [0.25, 0.3) is 0 Å². The molecule has 0 atom stereocenters. The molecule has 3 nitrogen and oxygen atoms in total. The zero-order valence-corrected chi connectivity index (χ0v) is 9.01. The highest BCUT2D eigenvalue weighted by Crippen LogP contribution is 2.12. The molecule has 0 spiro atoms. The van der Waals surface area contributed by atoms with Gasteiger partial charge in [-0.05, 0) is 19.1 Å². The fourth-order valence-electron chi connectivity index (χ4n) is 0.852. The van der Waals surface area contributed by atoms with Crippen LogP contribution in [0.4, 0.5) is 0 Å². The van der Waals surface area contributed by atoms with Crippen LogP contribution in [0.2, 0.25) is 0 Å². The van der Waals surface area contributed by atoms with Gasteiger partial charge in [0.05, 0.1) is 10.4 Å². The second-order valence-corrected chi connectivity index (χ2v) is 4.44. The maximum atomic E-state index is 11.4. The van der Waals surface area contributed by atoms with Crippen LogP contribution in [0, 0.1) is 6.92 Å². The van der Waals surface area contributed by atoms with E-state index in [9.17, 15) is 8.42 Å². The lowest BCUT2D eigenvalue weighted by molar-refractivity contribution is 0.598. The van der Waals surface area contributed by atoms with Crippen LogP contribution in [0.3, 0.4) is 0 Å². The van der Waals surface area contributed by atoms with Crippen LogP contribution in [-0.2, 0) is 10.0 Å². The van der Waals surface area contributed by atoms with Gasteiger partial charge in [-0.15, -0.1) is 4.40 Å². The van der Waals surface area contributed by atoms with E-state index in [2.05, 4.69) is 10.3 Å². The fraction of sp³-hybridized carbons (Fsp3) is 0.111. The van der Waals surface area contributed by atoms with Crippen molar-refractivity contribution in [2.45, 2.75) is 11.8 Å². The summed E-state index contributed by atoms with van der Waals surface area (Å²) in [5.41, 5.74) is 1.91. The number of rotatable bonds is 2. The van der Waals surface area contributed by atoms with Gasteiger partial charge in [0.25, 0.3) is 10.0 Å². The van der Waals surface area contributed by atoms with Crippen molar-refractivity contribution in [1.82, 2.24) is 0 Å². The van der Waals surface area contributed by atoms with Crippen molar-refractivity contribution in [3.05, 3.63) is 35.4 Å². The Kier molecular flexibility index (Phi) is 3.47. The third-order valence-corrected chi connectivity index (χ3v) is 2.85. The summed E-state index contributed by atoms with van der Waals surface area (Å²) in [4.78, 5) is 0.133. The third-order valence-electron chi connectivity index (χ3n) is 1.54. The highest BCUT2D eigenvalue weighted by molar-refractivity contribution is 7.90. The van der Waals surface area contributed by atoms with Crippen LogP contribution < -0.4 is 0 Å². The zero-order valence-electron chi connectivity index (χ0n) is 7.44. The monoisotopic (exact) mass is 229 g/mol. The van der Waals surface area contributed by atoms with Crippen LogP contribution in [0.5, 0.6) is 0 Å². The zero-order chi connectivity index (χ0) is 10.6. The predicted octanol–water partition coefficient (Wildman–Crippen LogP) is 2.11. The number of hydrogen-bond acceptors (Lipinski definition) is 2. The van der Waals surface area contributed by atoms with E-state index in [0.717, 1.165) is 11.1 Å². The summed E-state index contributed by atoms with van der Waals surface area (Å²) < 4.78 is 26.0. The van der Waals surface area contributed by atoms with Gasteiger partial charge >= 0.3 is 0 Å². The van der Waals surface area contributed by atoms with Crippen LogP contribution >= 0.6 is 11.6 Å². The minimum absolute atomic E-state index is 0.133. The van der Waals surface area contributed by atoms with E-state index in [1.807, 2.05) is 6.92 Å². The summed E-state index contributed by atoms with van der Waals surface area (Å²) >= 11 is 5.13. The molecule has 0 aliphatic heterocycles. The third kappa shape index (κ3) is 2.70. The number of nitrogens with zero attached hydrogens (tertiary/aromatic N) is 1. The predicted molar refractivity (Wildman–Crippen MR) is 56.2 cm³/mol. The standard InChI is InChI=1S/C9H8ClNO2S/c1-8-2-4-9(5-3-8)14(12,13)11-7-6-10/h2-6H,1H3. The van der Waals surface area contributed by atoms with Gasteiger partial charge in [0.1, 0.15) is 0 Å². The molecule has 0 amide bonds. The van der Waals surface area contributed by atoms with E-state index in [0.29, 0.717) is 0 Å². The first-order chi connectivity index (χ1) is 6.56. The Bertz CT molecular complexity index is 470. The molecule has 0 saturated carbocycles. The maximum absolute atomic E-state index is 11.4. The lowest BCUT2D eigenvalue weighted by atomic mass is 10.2. The first kappa shape index (κ1) is 11.0. The summed E-state index contributed by atoms with van der Waals surface area (Å²) in [6.07, 6.45) is 0. The van der Waals surface area contributed by atoms with Gasteiger partial charge < -0.3 is 0 Å². The highest BCUT2D eigenvalue weighted by atomic mass is 35.5. The van der Waals surface area contributed by atoms with E-state index in [-0.39, 0.29) is 4.90 Å². The minimum Gasteiger partial charge on any atom is -0.199 e. The van der Waals surface area contributed by atoms with Gasteiger partial charge in [0.15, 0.2) is 0 Å². The number of benzene rings is 1. The van der Waals surface area contributed by atoms with Gasteiger partial charge in [0.2, 0.25) is 0 Å². The molecule has 0 radical (unpaired) electrons. The molecule has 0 aliphatic rings. The molecule has 1 rings (SSSR count). The van der Waals surface area contributed by atoms with Crippen molar-refractivity contribution in [3.63, 3.8) is 0 Å². The second kappa shape index (κ2) is 4.42. The van der Waals surface area contributed by atoms with Crippen LogP contribution in [-0.4, -0.2) is 14.3 Å². The van der Waals surface area contributed by atoms with Crippen molar-refractivity contribution in [2.75, 3.05) is 0 Å². The second-order valence-electron chi connectivity index (χ2n) is 2.62. The summed E-state index contributed by atoms with van der Waals surface area (Å²) in [5, 5.41) is 0. The van der Waals surface area contributed by atoms with Gasteiger partial charge in [-0.2, -0.15) is 8.42 Å². The van der Waals surface area contributed by atoms with E-state index < -0.39 is 10.0 Å². The lowest BCUT2D eigenvalue weighted by Gasteiger charge is -1.96. The summed E-state index contributed by atoms with van der Waals surface area (Å²) in [6, 6.07) is 6.38. The number of halogens is 1. The normalized spacial score (nSPS) is 10.4. The molecule has 74 valence electrons. The quantitative estimate of drug-likeness (QED) is 0.730. The average Bonchev–Trinajstić information content (AvgIpc) is 2.16. The molecule has 5 heteroatoms. The van der Waals surface area contributed by atoms with Gasteiger partial charge in [-0.25, -0.2) is 0 Å². The molecule has 0 aromatic heterocycles. The Balaban J connectivity index is 3.18. The highest BCUT2D eigenvalue weighted by Gasteiger charge is 2.10. The topological polar surface area (TPSA) is 46.5 Å². The van der Waals surface area contributed by atoms with Gasteiger partial charge in [-0.1, -0.05) is 29.3 Å². The van der Waals surface area contributed by atoms with Crippen LogP contribution in [0.1, 0.15) is 5.56 Å². The minimum atomic E-state index is -3.64. The molecule has 0 N–H and O–H groups in total. The number of sulfonamides is 1. The summed E-state index contributed by atoms with van der Waals surface area (Å²) in [6.45, 7) is 1.87. The van der Waals surface area contributed by atoms with Crippen molar-refractivity contribution in [2.24, 2.45) is 4.40 Å². The van der Waals surface area contributed by atoms with Crippen molar-refractivity contribution in [3.8, 4) is 0 Å². The van der Waals surface area contributed by atoms with E-state index in [4.69, 9.17) is 11.6 Å². The van der Waals surface area contributed by atoms with Crippen LogP contribution in [0.15, 0.2) is 39.1 Å². The molecule has 0 unspecified atom stereocenters. The lowest BCUT2D eigenvalue weighted by Crippen LogP contribution is -1.95.